The predicted octanol–water partition coefficient (Wildman–Crippen LogP) is 1.95. The van der Waals surface area contributed by atoms with Gasteiger partial charge in [0, 0.05) is 0 Å². The van der Waals surface area contributed by atoms with Gasteiger partial charge in [0.05, 0.1) is 13.2 Å². The number of benzene rings is 1. The van der Waals surface area contributed by atoms with E-state index in [0.717, 1.165) is 0 Å². The zero-order valence-electron chi connectivity index (χ0n) is 10.6. The van der Waals surface area contributed by atoms with Crippen molar-refractivity contribution in [2.45, 2.75) is 20.0 Å². The summed E-state index contributed by atoms with van der Waals surface area (Å²) >= 11 is 0. The number of hydrogen-bond acceptors (Lipinski definition) is 4. The topological polar surface area (TPSA) is 65.0 Å². The Bertz CT molecular complexity index is 377. The first-order chi connectivity index (χ1) is 8.65. The lowest BCUT2D eigenvalue weighted by Crippen LogP contribution is -2.22. The summed E-state index contributed by atoms with van der Waals surface area (Å²) in [6, 6.07) is 7.32. The van der Waals surface area contributed by atoms with E-state index in [1.54, 1.807) is 6.07 Å². The third kappa shape index (κ3) is 4.63. The molecule has 0 aliphatic rings. The van der Waals surface area contributed by atoms with E-state index >= 15 is 0 Å². The number of ether oxygens (including phenoxy) is 3. The van der Waals surface area contributed by atoms with Gasteiger partial charge in [0.15, 0.2) is 17.6 Å². The van der Waals surface area contributed by atoms with Gasteiger partial charge in [-0.15, -0.1) is 0 Å². The summed E-state index contributed by atoms with van der Waals surface area (Å²) in [7, 11) is 0. The van der Waals surface area contributed by atoms with E-state index in [0.29, 0.717) is 18.1 Å². The zero-order valence-corrected chi connectivity index (χ0v) is 10.6. The van der Waals surface area contributed by atoms with Gasteiger partial charge in [0.2, 0.25) is 0 Å². The highest BCUT2D eigenvalue weighted by Crippen LogP contribution is 2.26. The van der Waals surface area contributed by atoms with Crippen molar-refractivity contribution >= 4 is 5.97 Å². The van der Waals surface area contributed by atoms with E-state index in [1.807, 2.05) is 25.1 Å². The average Bonchev–Trinajstić information content (AvgIpc) is 2.36. The largest absolute Gasteiger partial charge is 0.490 e. The highest BCUT2D eigenvalue weighted by Gasteiger charge is 2.10. The lowest BCUT2D eigenvalue weighted by atomic mass is 10.3. The molecule has 0 spiro atoms. The van der Waals surface area contributed by atoms with Crippen molar-refractivity contribution in [1.29, 1.82) is 0 Å². The summed E-state index contributed by atoms with van der Waals surface area (Å²) in [5, 5.41) is 8.63. The van der Waals surface area contributed by atoms with Gasteiger partial charge in [-0.25, -0.2) is 4.79 Å². The summed E-state index contributed by atoms with van der Waals surface area (Å²) < 4.78 is 15.9. The molecule has 0 saturated heterocycles. The van der Waals surface area contributed by atoms with Crippen LogP contribution in [0.2, 0.25) is 0 Å². The van der Waals surface area contributed by atoms with Crippen LogP contribution in [0, 0.1) is 0 Å². The number of aliphatic carboxylic acids is 1. The summed E-state index contributed by atoms with van der Waals surface area (Å²) in [6.45, 7) is 4.44. The van der Waals surface area contributed by atoms with E-state index in [1.165, 1.54) is 6.92 Å². The van der Waals surface area contributed by atoms with Crippen molar-refractivity contribution in [3.05, 3.63) is 24.3 Å². The number of carbonyl (C=O) groups is 1. The second-order valence-electron chi connectivity index (χ2n) is 3.58. The number of carboxylic acid groups (broad SMARTS) is 1. The maximum absolute atomic E-state index is 10.5. The molecule has 1 aromatic carbocycles. The third-order valence-electron chi connectivity index (χ3n) is 2.21. The second kappa shape index (κ2) is 7.55. The molecular weight excluding hydrogens is 236 g/mol. The van der Waals surface area contributed by atoms with Crippen molar-refractivity contribution in [1.82, 2.24) is 0 Å². The van der Waals surface area contributed by atoms with Crippen LogP contribution < -0.4 is 9.47 Å². The second-order valence-corrected chi connectivity index (χ2v) is 3.58. The predicted molar refractivity (Wildman–Crippen MR) is 66.2 cm³/mol. The Hall–Kier alpha value is -1.75. The molecule has 0 aliphatic heterocycles. The van der Waals surface area contributed by atoms with Crippen molar-refractivity contribution in [2.24, 2.45) is 0 Å². The number of hydrogen-bond donors (Lipinski definition) is 1. The molecule has 1 rings (SSSR count). The SMILES string of the molecule is CCOc1ccccc1OCCO[C@H](C)C(=O)O. The molecule has 0 unspecified atom stereocenters. The summed E-state index contributed by atoms with van der Waals surface area (Å²) in [5.74, 6) is 0.321. The molecule has 0 aliphatic carbocycles. The minimum Gasteiger partial charge on any atom is -0.490 e. The molecule has 0 radical (unpaired) electrons. The van der Waals surface area contributed by atoms with Gasteiger partial charge in [0.1, 0.15) is 6.61 Å². The molecule has 1 N–H and O–H groups in total. The standard InChI is InChI=1S/C13H18O5/c1-3-16-11-6-4-5-7-12(11)18-9-8-17-10(2)13(14)15/h4-7,10H,3,8-9H2,1-2H3,(H,14,15)/t10-/m1/s1. The van der Waals surface area contributed by atoms with Gasteiger partial charge in [-0.1, -0.05) is 12.1 Å². The van der Waals surface area contributed by atoms with Crippen LogP contribution in [0.4, 0.5) is 0 Å². The number of carboxylic acids is 1. The average molecular weight is 254 g/mol. The van der Waals surface area contributed by atoms with Crippen molar-refractivity contribution in [3.8, 4) is 11.5 Å². The maximum atomic E-state index is 10.5. The van der Waals surface area contributed by atoms with Crippen LogP contribution in [0.25, 0.3) is 0 Å². The van der Waals surface area contributed by atoms with Gasteiger partial charge in [-0.05, 0) is 26.0 Å². The fourth-order valence-corrected chi connectivity index (χ4v) is 1.29. The van der Waals surface area contributed by atoms with Crippen LogP contribution >= 0.6 is 0 Å². The van der Waals surface area contributed by atoms with Crippen molar-refractivity contribution < 1.29 is 24.1 Å². The Kier molecular flexibility index (Phi) is 6.00. The quantitative estimate of drug-likeness (QED) is 0.718. The summed E-state index contributed by atoms with van der Waals surface area (Å²) in [5.41, 5.74) is 0. The Labute approximate surface area is 106 Å². The molecule has 0 aromatic heterocycles. The molecule has 5 heteroatoms. The third-order valence-corrected chi connectivity index (χ3v) is 2.21. The molecule has 0 bridgehead atoms. The smallest absolute Gasteiger partial charge is 0.332 e. The van der Waals surface area contributed by atoms with Gasteiger partial charge >= 0.3 is 5.97 Å². The van der Waals surface area contributed by atoms with Crippen LogP contribution in [0.1, 0.15) is 13.8 Å². The molecule has 0 saturated carbocycles. The molecule has 18 heavy (non-hydrogen) atoms. The Morgan fingerprint density at radius 2 is 1.83 bits per heavy atom. The highest BCUT2D eigenvalue weighted by molar-refractivity contribution is 5.71. The highest BCUT2D eigenvalue weighted by atomic mass is 16.6. The van der Waals surface area contributed by atoms with E-state index < -0.39 is 12.1 Å². The van der Waals surface area contributed by atoms with Gasteiger partial charge in [-0.2, -0.15) is 0 Å². The van der Waals surface area contributed by atoms with Gasteiger partial charge < -0.3 is 19.3 Å². The van der Waals surface area contributed by atoms with Crippen LogP contribution in [0.15, 0.2) is 24.3 Å². The minimum absolute atomic E-state index is 0.216. The molecule has 1 aromatic rings. The monoisotopic (exact) mass is 254 g/mol. The first-order valence-corrected chi connectivity index (χ1v) is 5.84. The molecule has 1 atom stereocenters. The van der Waals surface area contributed by atoms with Gasteiger partial charge in [0.25, 0.3) is 0 Å². The van der Waals surface area contributed by atoms with Crippen LogP contribution in [-0.2, 0) is 9.53 Å². The fourth-order valence-electron chi connectivity index (χ4n) is 1.29. The van der Waals surface area contributed by atoms with E-state index in [9.17, 15) is 4.79 Å². The summed E-state index contributed by atoms with van der Waals surface area (Å²) in [6.07, 6.45) is -0.823. The molecular formula is C13H18O5. The molecule has 5 nitrogen and oxygen atoms in total. The molecule has 100 valence electrons. The van der Waals surface area contributed by atoms with Crippen molar-refractivity contribution in [3.63, 3.8) is 0 Å². The Balaban J connectivity index is 2.37. The van der Waals surface area contributed by atoms with Crippen LogP contribution in [0.5, 0.6) is 11.5 Å². The number of para-hydroxylation sites is 2. The van der Waals surface area contributed by atoms with Crippen LogP contribution in [-0.4, -0.2) is 37.0 Å². The zero-order chi connectivity index (χ0) is 13.4. The van der Waals surface area contributed by atoms with Gasteiger partial charge in [-0.3, -0.25) is 0 Å². The normalized spacial score (nSPS) is 11.9. The first-order valence-electron chi connectivity index (χ1n) is 5.84. The lowest BCUT2D eigenvalue weighted by Gasteiger charge is -2.12. The Morgan fingerprint density at radius 3 is 2.39 bits per heavy atom. The van der Waals surface area contributed by atoms with Crippen molar-refractivity contribution in [2.75, 3.05) is 19.8 Å². The Morgan fingerprint density at radius 1 is 1.22 bits per heavy atom. The number of rotatable bonds is 8. The first kappa shape index (κ1) is 14.3. The van der Waals surface area contributed by atoms with E-state index in [2.05, 4.69) is 0 Å². The summed E-state index contributed by atoms with van der Waals surface area (Å²) in [4.78, 5) is 10.5. The van der Waals surface area contributed by atoms with E-state index in [4.69, 9.17) is 19.3 Å². The van der Waals surface area contributed by atoms with E-state index in [-0.39, 0.29) is 13.2 Å². The fraction of sp³-hybridized carbons (Fsp3) is 0.462. The maximum Gasteiger partial charge on any atom is 0.332 e. The molecule has 0 amide bonds. The minimum atomic E-state index is -0.982. The molecule has 0 fully saturated rings. The lowest BCUT2D eigenvalue weighted by molar-refractivity contribution is -0.149. The van der Waals surface area contributed by atoms with Crippen LogP contribution in [0.3, 0.4) is 0 Å². The molecule has 0 heterocycles.